The highest BCUT2D eigenvalue weighted by atomic mass is 32.1. The van der Waals surface area contributed by atoms with Gasteiger partial charge in [-0.25, -0.2) is 4.98 Å². The van der Waals surface area contributed by atoms with E-state index < -0.39 is 0 Å². The van der Waals surface area contributed by atoms with Gasteiger partial charge < -0.3 is 15.1 Å². The SMILES string of the molecule is CCc1ccc2nc(N3CCC(C(=O)NCCCN4CCCC4)CC3)sc2c1. The Labute approximate surface area is 172 Å². The molecule has 2 fully saturated rings. The molecule has 28 heavy (non-hydrogen) atoms. The van der Waals surface area contributed by atoms with Crippen molar-refractivity contribution in [3.8, 4) is 0 Å². The van der Waals surface area contributed by atoms with E-state index in [9.17, 15) is 4.79 Å². The highest BCUT2D eigenvalue weighted by molar-refractivity contribution is 7.22. The van der Waals surface area contributed by atoms with Gasteiger partial charge in [-0.05, 0) is 75.9 Å². The van der Waals surface area contributed by atoms with Crippen LogP contribution in [-0.4, -0.2) is 55.1 Å². The zero-order valence-electron chi connectivity index (χ0n) is 17.0. The average molecular weight is 401 g/mol. The molecular weight excluding hydrogens is 368 g/mol. The number of aromatic nitrogens is 1. The number of carbonyl (C=O) groups excluding carboxylic acids is 1. The summed E-state index contributed by atoms with van der Waals surface area (Å²) in [6.45, 7) is 8.43. The predicted octanol–water partition coefficient (Wildman–Crippen LogP) is 3.68. The lowest BCUT2D eigenvalue weighted by Gasteiger charge is -2.31. The van der Waals surface area contributed by atoms with Crippen molar-refractivity contribution in [2.45, 2.75) is 45.4 Å². The highest BCUT2D eigenvalue weighted by Gasteiger charge is 2.26. The van der Waals surface area contributed by atoms with Crippen LogP contribution in [0.2, 0.25) is 0 Å². The maximum Gasteiger partial charge on any atom is 0.223 e. The van der Waals surface area contributed by atoms with Gasteiger partial charge in [0.2, 0.25) is 5.91 Å². The first-order valence-electron chi connectivity index (χ1n) is 10.9. The second-order valence-electron chi connectivity index (χ2n) is 8.11. The number of fused-ring (bicyclic) bond motifs is 1. The highest BCUT2D eigenvalue weighted by Crippen LogP contribution is 2.32. The molecule has 0 radical (unpaired) electrons. The Bertz CT molecular complexity index is 791. The van der Waals surface area contributed by atoms with Crippen LogP contribution < -0.4 is 10.2 Å². The number of nitrogens with zero attached hydrogens (tertiary/aromatic N) is 3. The third-order valence-electron chi connectivity index (χ3n) is 6.14. The van der Waals surface area contributed by atoms with Crippen LogP contribution in [0.15, 0.2) is 18.2 Å². The van der Waals surface area contributed by atoms with Gasteiger partial charge in [-0.2, -0.15) is 0 Å². The monoisotopic (exact) mass is 400 g/mol. The topological polar surface area (TPSA) is 48.5 Å². The van der Waals surface area contributed by atoms with Gasteiger partial charge in [0.1, 0.15) is 0 Å². The molecule has 0 spiro atoms. The molecule has 0 bridgehead atoms. The Morgan fingerprint density at radius 2 is 2.00 bits per heavy atom. The number of thiazole rings is 1. The minimum atomic E-state index is 0.157. The molecule has 0 unspecified atom stereocenters. The minimum Gasteiger partial charge on any atom is -0.356 e. The molecule has 6 heteroatoms. The van der Waals surface area contributed by atoms with E-state index in [1.165, 1.54) is 36.2 Å². The summed E-state index contributed by atoms with van der Waals surface area (Å²) in [5, 5.41) is 4.27. The number of rotatable bonds is 7. The fourth-order valence-electron chi connectivity index (χ4n) is 4.31. The second kappa shape index (κ2) is 9.23. The van der Waals surface area contributed by atoms with Gasteiger partial charge in [-0.15, -0.1) is 0 Å². The molecule has 3 heterocycles. The van der Waals surface area contributed by atoms with E-state index in [2.05, 4.69) is 40.2 Å². The molecule has 0 aliphatic carbocycles. The molecule has 2 aliphatic rings. The Hall–Kier alpha value is -1.66. The molecule has 1 aromatic heterocycles. The van der Waals surface area contributed by atoms with E-state index in [0.29, 0.717) is 0 Å². The third-order valence-corrected chi connectivity index (χ3v) is 7.21. The molecule has 5 nitrogen and oxygen atoms in total. The number of hydrogen-bond acceptors (Lipinski definition) is 5. The first kappa shape index (κ1) is 19.6. The van der Waals surface area contributed by atoms with Crippen molar-refractivity contribution >= 4 is 32.6 Å². The lowest BCUT2D eigenvalue weighted by molar-refractivity contribution is -0.125. The molecule has 2 aromatic rings. The van der Waals surface area contributed by atoms with Crippen molar-refractivity contribution in [3.05, 3.63) is 23.8 Å². The number of amides is 1. The molecule has 152 valence electrons. The fraction of sp³-hybridized carbons (Fsp3) is 0.636. The lowest BCUT2D eigenvalue weighted by atomic mass is 9.96. The van der Waals surface area contributed by atoms with Crippen LogP contribution in [0.5, 0.6) is 0 Å². The van der Waals surface area contributed by atoms with Crippen LogP contribution in [0, 0.1) is 5.92 Å². The van der Waals surface area contributed by atoms with Gasteiger partial charge in [0.05, 0.1) is 10.2 Å². The smallest absolute Gasteiger partial charge is 0.223 e. The molecule has 1 N–H and O–H groups in total. The number of hydrogen-bond donors (Lipinski definition) is 1. The number of benzene rings is 1. The van der Waals surface area contributed by atoms with Crippen molar-refractivity contribution in [1.29, 1.82) is 0 Å². The van der Waals surface area contributed by atoms with Crippen molar-refractivity contribution in [2.24, 2.45) is 5.92 Å². The Kier molecular flexibility index (Phi) is 6.47. The van der Waals surface area contributed by atoms with E-state index in [0.717, 1.165) is 62.5 Å². The van der Waals surface area contributed by atoms with Crippen molar-refractivity contribution in [1.82, 2.24) is 15.2 Å². The number of anilines is 1. The molecule has 1 amide bonds. The summed E-state index contributed by atoms with van der Waals surface area (Å²) < 4.78 is 1.27. The van der Waals surface area contributed by atoms with Crippen LogP contribution >= 0.6 is 11.3 Å². The van der Waals surface area contributed by atoms with Gasteiger partial charge in [0, 0.05) is 25.6 Å². The molecular formula is C22H32N4OS. The predicted molar refractivity (Wildman–Crippen MR) is 117 cm³/mol. The van der Waals surface area contributed by atoms with Crippen LogP contribution in [0.4, 0.5) is 5.13 Å². The Morgan fingerprint density at radius 1 is 1.21 bits per heavy atom. The summed E-state index contributed by atoms with van der Waals surface area (Å²) in [7, 11) is 0. The molecule has 4 rings (SSSR count). The zero-order valence-corrected chi connectivity index (χ0v) is 17.8. The van der Waals surface area contributed by atoms with Crippen LogP contribution in [-0.2, 0) is 11.2 Å². The average Bonchev–Trinajstić information content (AvgIpc) is 3.40. The second-order valence-corrected chi connectivity index (χ2v) is 9.12. The fourth-order valence-corrected chi connectivity index (χ4v) is 5.39. The summed E-state index contributed by atoms with van der Waals surface area (Å²) in [6.07, 6.45) is 6.64. The van der Waals surface area contributed by atoms with Crippen LogP contribution in [0.25, 0.3) is 10.2 Å². The van der Waals surface area contributed by atoms with Crippen LogP contribution in [0.1, 0.15) is 44.6 Å². The van der Waals surface area contributed by atoms with Gasteiger partial charge in [-0.1, -0.05) is 24.3 Å². The van der Waals surface area contributed by atoms with Gasteiger partial charge in [0.25, 0.3) is 0 Å². The molecule has 0 atom stereocenters. The van der Waals surface area contributed by atoms with Crippen molar-refractivity contribution in [2.75, 3.05) is 44.2 Å². The number of nitrogens with one attached hydrogen (secondary N) is 1. The number of piperidine rings is 1. The summed E-state index contributed by atoms with van der Waals surface area (Å²) in [5.41, 5.74) is 2.46. The molecule has 2 aliphatic heterocycles. The molecule has 0 saturated carbocycles. The van der Waals surface area contributed by atoms with E-state index >= 15 is 0 Å². The summed E-state index contributed by atoms with van der Waals surface area (Å²) in [4.78, 5) is 22.2. The number of carbonyl (C=O) groups is 1. The lowest BCUT2D eigenvalue weighted by Crippen LogP contribution is -2.41. The Morgan fingerprint density at radius 3 is 2.75 bits per heavy atom. The minimum absolute atomic E-state index is 0.157. The van der Waals surface area contributed by atoms with Crippen molar-refractivity contribution in [3.63, 3.8) is 0 Å². The number of aryl methyl sites for hydroxylation is 1. The first-order chi connectivity index (χ1) is 13.7. The van der Waals surface area contributed by atoms with Crippen LogP contribution in [0.3, 0.4) is 0 Å². The van der Waals surface area contributed by atoms with E-state index in [1.807, 2.05) is 0 Å². The molecule has 1 aromatic carbocycles. The van der Waals surface area contributed by atoms with E-state index in [1.54, 1.807) is 11.3 Å². The van der Waals surface area contributed by atoms with Crippen molar-refractivity contribution < 1.29 is 4.79 Å². The normalized spacial score (nSPS) is 18.8. The first-order valence-corrected chi connectivity index (χ1v) is 11.7. The summed E-state index contributed by atoms with van der Waals surface area (Å²) in [6, 6.07) is 6.57. The zero-order chi connectivity index (χ0) is 19.3. The van der Waals surface area contributed by atoms with Gasteiger partial charge in [-0.3, -0.25) is 4.79 Å². The van der Waals surface area contributed by atoms with E-state index in [4.69, 9.17) is 4.98 Å². The number of likely N-dealkylation sites (tertiary alicyclic amines) is 1. The maximum absolute atomic E-state index is 12.5. The maximum atomic E-state index is 12.5. The quantitative estimate of drug-likeness (QED) is 0.721. The summed E-state index contributed by atoms with van der Waals surface area (Å²) in [5.74, 6) is 0.405. The summed E-state index contributed by atoms with van der Waals surface area (Å²) >= 11 is 1.78. The third kappa shape index (κ3) is 4.66. The Balaban J connectivity index is 1.23. The standard InChI is InChI=1S/C22H32N4OS/c1-2-17-6-7-19-20(16-17)28-22(24-19)26-14-8-18(9-15-26)21(27)23-10-5-13-25-11-3-4-12-25/h6-7,16,18H,2-5,8-15H2,1H3,(H,23,27). The molecule has 2 saturated heterocycles. The van der Waals surface area contributed by atoms with Gasteiger partial charge >= 0.3 is 0 Å². The largest absolute Gasteiger partial charge is 0.356 e. The van der Waals surface area contributed by atoms with E-state index in [-0.39, 0.29) is 11.8 Å². The van der Waals surface area contributed by atoms with Gasteiger partial charge in [0.15, 0.2) is 5.13 Å².